The van der Waals surface area contributed by atoms with E-state index in [0.717, 1.165) is 24.1 Å². The molecule has 0 bridgehead atoms. The first-order chi connectivity index (χ1) is 11.3. The van der Waals surface area contributed by atoms with Crippen LogP contribution in [0.5, 0.6) is 0 Å². The summed E-state index contributed by atoms with van der Waals surface area (Å²) in [7, 11) is 0. The molecular weight excluding hydrogens is 310 g/mol. The van der Waals surface area contributed by atoms with Gasteiger partial charge in [0.05, 0.1) is 6.54 Å². The first kappa shape index (κ1) is 17.7. The Balaban J connectivity index is 2.06. The highest BCUT2D eigenvalue weighted by Gasteiger charge is 2.19. The highest BCUT2D eigenvalue weighted by atomic mass is 16.6. The summed E-state index contributed by atoms with van der Waals surface area (Å²) in [5.74, 6) is 0.621. The fraction of sp³-hybridized carbons (Fsp3) is 0.500. The molecule has 2 aromatic heterocycles. The summed E-state index contributed by atoms with van der Waals surface area (Å²) in [5.41, 5.74) is 1.83. The van der Waals surface area contributed by atoms with Crippen LogP contribution in [0, 0.1) is 0 Å². The Kier molecular flexibility index (Phi) is 5.38. The number of aromatic amines is 1. The van der Waals surface area contributed by atoms with E-state index in [1.54, 1.807) is 26.8 Å². The molecule has 8 nitrogen and oxygen atoms in total. The Labute approximate surface area is 140 Å². The molecule has 0 fully saturated rings. The Morgan fingerprint density at radius 1 is 1.46 bits per heavy atom. The van der Waals surface area contributed by atoms with E-state index in [0.29, 0.717) is 11.5 Å². The fourth-order valence-corrected chi connectivity index (χ4v) is 2.10. The summed E-state index contributed by atoms with van der Waals surface area (Å²) >= 11 is 0. The van der Waals surface area contributed by atoms with E-state index in [4.69, 9.17) is 9.26 Å². The lowest BCUT2D eigenvalue weighted by Crippen LogP contribution is -2.32. The molecule has 0 aliphatic heterocycles. The highest BCUT2D eigenvalue weighted by Crippen LogP contribution is 2.24. The number of carbonyl (C=O) groups excluding carboxylic acids is 1. The molecule has 2 rings (SSSR count). The Morgan fingerprint density at radius 3 is 2.83 bits per heavy atom. The largest absolute Gasteiger partial charge is 0.444 e. The van der Waals surface area contributed by atoms with E-state index < -0.39 is 11.7 Å². The predicted molar refractivity (Wildman–Crippen MR) is 89.0 cm³/mol. The van der Waals surface area contributed by atoms with Gasteiger partial charge in [-0.05, 0) is 27.2 Å². The van der Waals surface area contributed by atoms with Gasteiger partial charge in [-0.25, -0.2) is 4.79 Å². The standard InChI is InChI=1S/C16H23N5O3/c1-6-8-11-10(7-2)13(20-19-11)14-18-12(21-24-14)9-17-15(22)23-16(3,4)5/h7H,2,6,8-9H2,1,3-5H3,(H,17,22)(H,19,20). The van der Waals surface area contributed by atoms with Crippen LogP contribution in [0.25, 0.3) is 17.7 Å². The zero-order valence-corrected chi connectivity index (χ0v) is 14.5. The van der Waals surface area contributed by atoms with Crippen LogP contribution >= 0.6 is 0 Å². The number of hydrogen-bond donors (Lipinski definition) is 2. The summed E-state index contributed by atoms with van der Waals surface area (Å²) in [6, 6.07) is 0. The monoisotopic (exact) mass is 333 g/mol. The van der Waals surface area contributed by atoms with Crippen molar-refractivity contribution in [1.82, 2.24) is 25.7 Å². The number of H-pyrrole nitrogens is 1. The molecule has 0 aliphatic carbocycles. The van der Waals surface area contributed by atoms with Crippen LogP contribution in [0.4, 0.5) is 4.79 Å². The molecule has 0 spiro atoms. The van der Waals surface area contributed by atoms with Crippen molar-refractivity contribution in [2.75, 3.05) is 0 Å². The van der Waals surface area contributed by atoms with Crippen LogP contribution in [-0.2, 0) is 17.7 Å². The maximum absolute atomic E-state index is 11.6. The van der Waals surface area contributed by atoms with Crippen molar-refractivity contribution < 1.29 is 14.1 Å². The summed E-state index contributed by atoms with van der Waals surface area (Å²) < 4.78 is 10.4. The average Bonchev–Trinajstić information content (AvgIpc) is 3.09. The zero-order valence-electron chi connectivity index (χ0n) is 14.5. The molecular formula is C16H23N5O3. The Bertz CT molecular complexity index is 712. The molecule has 0 unspecified atom stereocenters. The van der Waals surface area contributed by atoms with Gasteiger partial charge in [0.1, 0.15) is 5.60 Å². The first-order valence-corrected chi connectivity index (χ1v) is 7.83. The van der Waals surface area contributed by atoms with Gasteiger partial charge in [0.2, 0.25) is 0 Å². The van der Waals surface area contributed by atoms with Gasteiger partial charge in [0.25, 0.3) is 5.89 Å². The molecule has 130 valence electrons. The van der Waals surface area contributed by atoms with E-state index in [1.165, 1.54) is 0 Å². The number of hydrogen-bond acceptors (Lipinski definition) is 6. The average molecular weight is 333 g/mol. The summed E-state index contributed by atoms with van der Waals surface area (Å²) in [6.07, 6.45) is 3.02. The predicted octanol–water partition coefficient (Wildman–Crippen LogP) is 3.08. The molecule has 2 N–H and O–H groups in total. The molecule has 0 saturated heterocycles. The van der Waals surface area contributed by atoms with E-state index in [9.17, 15) is 4.79 Å². The van der Waals surface area contributed by atoms with Crippen molar-refractivity contribution in [2.24, 2.45) is 0 Å². The van der Waals surface area contributed by atoms with Crippen LogP contribution in [0.2, 0.25) is 0 Å². The molecule has 0 atom stereocenters. The number of aromatic nitrogens is 4. The van der Waals surface area contributed by atoms with Gasteiger partial charge >= 0.3 is 6.09 Å². The maximum atomic E-state index is 11.6. The topological polar surface area (TPSA) is 106 Å². The quantitative estimate of drug-likeness (QED) is 0.841. The molecule has 24 heavy (non-hydrogen) atoms. The second kappa shape index (κ2) is 7.29. The van der Waals surface area contributed by atoms with Crippen LogP contribution < -0.4 is 5.32 Å². The summed E-state index contributed by atoms with van der Waals surface area (Å²) in [6.45, 7) is 11.4. The smallest absolute Gasteiger partial charge is 0.408 e. The van der Waals surface area contributed by atoms with Crippen LogP contribution in [0.3, 0.4) is 0 Å². The van der Waals surface area contributed by atoms with Gasteiger partial charge in [0.15, 0.2) is 11.5 Å². The SMILES string of the molecule is C=Cc1c(-c2nc(CNC(=O)OC(C)(C)C)no2)n[nH]c1CCC. The highest BCUT2D eigenvalue weighted by molar-refractivity contribution is 5.68. The van der Waals surface area contributed by atoms with Crippen molar-refractivity contribution in [1.29, 1.82) is 0 Å². The normalized spacial score (nSPS) is 11.3. The molecule has 1 amide bonds. The van der Waals surface area contributed by atoms with Crippen molar-refractivity contribution in [3.63, 3.8) is 0 Å². The third kappa shape index (κ3) is 4.43. The van der Waals surface area contributed by atoms with Gasteiger partial charge in [-0.2, -0.15) is 10.1 Å². The van der Waals surface area contributed by atoms with Crippen LogP contribution in [-0.4, -0.2) is 32.0 Å². The lowest BCUT2D eigenvalue weighted by atomic mass is 10.1. The van der Waals surface area contributed by atoms with Crippen molar-refractivity contribution in [2.45, 2.75) is 52.7 Å². The fourth-order valence-electron chi connectivity index (χ4n) is 2.10. The number of nitrogens with one attached hydrogen (secondary N) is 2. The molecule has 0 aliphatic rings. The second-order valence-corrected chi connectivity index (χ2v) is 6.29. The maximum Gasteiger partial charge on any atom is 0.408 e. The lowest BCUT2D eigenvalue weighted by Gasteiger charge is -2.19. The molecule has 0 aromatic carbocycles. The Hall–Kier alpha value is -2.64. The first-order valence-electron chi connectivity index (χ1n) is 7.83. The minimum Gasteiger partial charge on any atom is -0.444 e. The van der Waals surface area contributed by atoms with E-state index in [2.05, 4.69) is 39.2 Å². The van der Waals surface area contributed by atoms with E-state index >= 15 is 0 Å². The van der Waals surface area contributed by atoms with Crippen molar-refractivity contribution in [3.05, 3.63) is 23.7 Å². The summed E-state index contributed by atoms with van der Waals surface area (Å²) in [4.78, 5) is 15.9. The molecule has 2 heterocycles. The third-order valence-electron chi connectivity index (χ3n) is 3.05. The van der Waals surface area contributed by atoms with E-state index in [1.807, 2.05) is 0 Å². The number of alkyl carbamates (subject to hydrolysis) is 1. The second-order valence-electron chi connectivity index (χ2n) is 6.29. The minimum atomic E-state index is -0.559. The van der Waals surface area contributed by atoms with Gasteiger partial charge in [-0.3, -0.25) is 5.10 Å². The van der Waals surface area contributed by atoms with Gasteiger partial charge in [-0.1, -0.05) is 31.2 Å². The van der Waals surface area contributed by atoms with Gasteiger partial charge in [-0.15, -0.1) is 0 Å². The number of carbonyl (C=O) groups is 1. The van der Waals surface area contributed by atoms with E-state index in [-0.39, 0.29) is 12.4 Å². The zero-order chi connectivity index (χ0) is 17.7. The number of amides is 1. The van der Waals surface area contributed by atoms with Crippen molar-refractivity contribution in [3.8, 4) is 11.6 Å². The number of nitrogens with zero attached hydrogens (tertiary/aromatic N) is 3. The van der Waals surface area contributed by atoms with Gasteiger partial charge < -0.3 is 14.6 Å². The van der Waals surface area contributed by atoms with Crippen molar-refractivity contribution >= 4 is 12.2 Å². The summed E-state index contributed by atoms with van der Waals surface area (Å²) in [5, 5.41) is 13.6. The number of aryl methyl sites for hydroxylation is 1. The third-order valence-corrected chi connectivity index (χ3v) is 3.05. The molecule has 8 heteroatoms. The van der Waals surface area contributed by atoms with Crippen LogP contribution in [0.1, 0.15) is 51.2 Å². The number of ether oxygens (including phenoxy) is 1. The molecule has 2 aromatic rings. The number of rotatable bonds is 6. The Morgan fingerprint density at radius 2 is 2.21 bits per heavy atom. The lowest BCUT2D eigenvalue weighted by molar-refractivity contribution is 0.0522. The van der Waals surface area contributed by atoms with Gasteiger partial charge in [0, 0.05) is 11.3 Å². The van der Waals surface area contributed by atoms with Crippen LogP contribution in [0.15, 0.2) is 11.1 Å². The molecule has 0 saturated carbocycles. The molecule has 0 radical (unpaired) electrons. The minimum absolute atomic E-state index is 0.105.